The number of carbonyl (C=O) groups is 3. The molecule has 1 saturated heterocycles. The van der Waals surface area contributed by atoms with Crippen LogP contribution >= 0.6 is 11.6 Å². The fraction of sp³-hybridized carbons (Fsp3) is 0.190. The molecule has 7 nitrogen and oxygen atoms in total. The zero-order valence-corrected chi connectivity index (χ0v) is 16.3. The molecular formula is C21H19ClN4O3. The molecule has 2 aromatic carbocycles. The minimum Gasteiger partial charge on any atom is -0.359 e. The van der Waals surface area contributed by atoms with E-state index in [0.29, 0.717) is 35.1 Å². The van der Waals surface area contributed by atoms with Gasteiger partial charge in [0, 0.05) is 35.6 Å². The molecule has 148 valence electrons. The molecule has 2 heterocycles. The van der Waals surface area contributed by atoms with Crippen molar-refractivity contribution in [3.63, 3.8) is 0 Å². The third-order valence-corrected chi connectivity index (χ3v) is 5.25. The number of piperazine rings is 1. The number of anilines is 2. The van der Waals surface area contributed by atoms with Gasteiger partial charge in [0.05, 0.1) is 17.3 Å². The standard InChI is InChI=1S/C21H19ClN4O3/c1-13-15-4-2-3-5-16(15)21(29)26(13)12-20(28)24-14-6-7-18(17(22)10-14)25-9-8-23-19(27)11-25/h2-7,10H,1,8-9,11-12H2,(H,23,27)(H,24,28). The van der Waals surface area contributed by atoms with Crippen molar-refractivity contribution in [3.8, 4) is 0 Å². The fourth-order valence-electron chi connectivity index (χ4n) is 3.53. The second-order valence-electron chi connectivity index (χ2n) is 6.87. The highest BCUT2D eigenvalue weighted by molar-refractivity contribution is 6.33. The van der Waals surface area contributed by atoms with Crippen LogP contribution in [0.15, 0.2) is 49.0 Å². The van der Waals surface area contributed by atoms with Crippen LogP contribution in [0.1, 0.15) is 15.9 Å². The number of nitrogens with zero attached hydrogens (tertiary/aromatic N) is 2. The van der Waals surface area contributed by atoms with E-state index < -0.39 is 0 Å². The molecule has 0 saturated carbocycles. The normalized spacial score (nSPS) is 16.0. The minimum atomic E-state index is -0.353. The minimum absolute atomic E-state index is 0.0544. The number of amides is 3. The zero-order chi connectivity index (χ0) is 20.5. The van der Waals surface area contributed by atoms with Crippen LogP contribution in [-0.4, -0.2) is 48.8 Å². The van der Waals surface area contributed by atoms with Crippen molar-refractivity contribution < 1.29 is 14.4 Å². The first-order valence-electron chi connectivity index (χ1n) is 9.15. The van der Waals surface area contributed by atoms with Crippen molar-refractivity contribution in [3.05, 3.63) is 65.2 Å². The predicted octanol–water partition coefficient (Wildman–Crippen LogP) is 2.34. The van der Waals surface area contributed by atoms with Crippen LogP contribution in [0.5, 0.6) is 0 Å². The van der Waals surface area contributed by atoms with Crippen LogP contribution in [0, 0.1) is 0 Å². The molecule has 0 aliphatic carbocycles. The maximum Gasteiger partial charge on any atom is 0.259 e. The van der Waals surface area contributed by atoms with Crippen molar-refractivity contribution in [1.82, 2.24) is 10.2 Å². The maximum atomic E-state index is 12.5. The Hall–Kier alpha value is -3.32. The highest BCUT2D eigenvalue weighted by atomic mass is 35.5. The smallest absolute Gasteiger partial charge is 0.259 e. The van der Waals surface area contributed by atoms with E-state index in [1.165, 1.54) is 4.90 Å². The monoisotopic (exact) mass is 410 g/mol. The lowest BCUT2D eigenvalue weighted by Gasteiger charge is -2.29. The quantitative estimate of drug-likeness (QED) is 0.810. The van der Waals surface area contributed by atoms with Gasteiger partial charge in [-0.15, -0.1) is 0 Å². The Kier molecular flexibility index (Phi) is 4.98. The summed E-state index contributed by atoms with van der Waals surface area (Å²) in [4.78, 5) is 39.8. The van der Waals surface area contributed by atoms with Gasteiger partial charge in [0.1, 0.15) is 6.54 Å². The molecule has 3 amide bonds. The lowest BCUT2D eigenvalue weighted by Crippen LogP contribution is -2.47. The van der Waals surface area contributed by atoms with Crippen LogP contribution < -0.4 is 15.5 Å². The van der Waals surface area contributed by atoms with Gasteiger partial charge in [0.2, 0.25) is 11.8 Å². The summed E-state index contributed by atoms with van der Waals surface area (Å²) in [5, 5.41) is 5.96. The zero-order valence-electron chi connectivity index (χ0n) is 15.6. The summed E-state index contributed by atoms with van der Waals surface area (Å²) in [5.41, 5.74) is 3.04. The molecule has 1 fully saturated rings. The summed E-state index contributed by atoms with van der Waals surface area (Å²) in [5.74, 6) is -0.646. The lowest BCUT2D eigenvalue weighted by molar-refractivity contribution is -0.120. The topological polar surface area (TPSA) is 81.8 Å². The first-order valence-corrected chi connectivity index (χ1v) is 9.53. The molecule has 2 N–H and O–H groups in total. The molecule has 2 aliphatic heterocycles. The van der Waals surface area contributed by atoms with Crippen LogP contribution in [-0.2, 0) is 9.59 Å². The number of fused-ring (bicyclic) bond motifs is 1. The third kappa shape index (κ3) is 3.69. The van der Waals surface area contributed by atoms with Gasteiger partial charge in [0.15, 0.2) is 0 Å². The molecule has 0 bridgehead atoms. The van der Waals surface area contributed by atoms with Crippen LogP contribution in [0.4, 0.5) is 11.4 Å². The molecule has 4 rings (SSSR count). The van der Waals surface area contributed by atoms with E-state index in [1.54, 1.807) is 30.3 Å². The molecular weight excluding hydrogens is 392 g/mol. The van der Waals surface area contributed by atoms with Crippen LogP contribution in [0.2, 0.25) is 5.02 Å². The summed E-state index contributed by atoms with van der Waals surface area (Å²) in [6.45, 7) is 5.26. The van der Waals surface area contributed by atoms with Gasteiger partial charge in [-0.25, -0.2) is 0 Å². The van der Waals surface area contributed by atoms with Crippen molar-refractivity contribution in [2.24, 2.45) is 0 Å². The molecule has 0 unspecified atom stereocenters. The third-order valence-electron chi connectivity index (χ3n) is 4.95. The lowest BCUT2D eigenvalue weighted by atomic mass is 10.1. The number of hydrogen-bond acceptors (Lipinski definition) is 4. The van der Waals surface area contributed by atoms with Crippen molar-refractivity contribution in [1.29, 1.82) is 0 Å². The Morgan fingerprint density at radius 1 is 1.17 bits per heavy atom. The fourth-order valence-corrected chi connectivity index (χ4v) is 3.83. The van der Waals surface area contributed by atoms with Crippen molar-refractivity contribution >= 4 is 46.4 Å². The Morgan fingerprint density at radius 3 is 2.62 bits per heavy atom. The van der Waals surface area contributed by atoms with E-state index in [0.717, 1.165) is 11.3 Å². The molecule has 0 atom stereocenters. The average molecular weight is 411 g/mol. The first kappa shape index (κ1) is 19.0. The summed E-state index contributed by atoms with van der Waals surface area (Å²) >= 11 is 6.37. The average Bonchev–Trinajstić information content (AvgIpc) is 2.93. The summed E-state index contributed by atoms with van der Waals surface area (Å²) < 4.78 is 0. The van der Waals surface area contributed by atoms with Crippen molar-refractivity contribution in [2.45, 2.75) is 0 Å². The Morgan fingerprint density at radius 2 is 1.93 bits per heavy atom. The van der Waals surface area contributed by atoms with Gasteiger partial charge >= 0.3 is 0 Å². The van der Waals surface area contributed by atoms with E-state index in [1.807, 2.05) is 17.0 Å². The summed E-state index contributed by atoms with van der Waals surface area (Å²) in [6.07, 6.45) is 0. The molecule has 0 aromatic heterocycles. The number of nitrogens with one attached hydrogen (secondary N) is 2. The van der Waals surface area contributed by atoms with E-state index in [4.69, 9.17) is 11.6 Å². The van der Waals surface area contributed by atoms with E-state index in [9.17, 15) is 14.4 Å². The van der Waals surface area contributed by atoms with Gasteiger partial charge in [-0.1, -0.05) is 36.4 Å². The highest BCUT2D eigenvalue weighted by Crippen LogP contribution is 2.32. The molecule has 29 heavy (non-hydrogen) atoms. The Labute approximate surface area is 172 Å². The van der Waals surface area contributed by atoms with E-state index >= 15 is 0 Å². The van der Waals surface area contributed by atoms with Crippen LogP contribution in [0.25, 0.3) is 5.70 Å². The predicted molar refractivity (Wildman–Crippen MR) is 112 cm³/mol. The Balaban J connectivity index is 1.43. The highest BCUT2D eigenvalue weighted by Gasteiger charge is 2.31. The molecule has 2 aliphatic rings. The van der Waals surface area contributed by atoms with Gasteiger partial charge in [0.25, 0.3) is 5.91 Å². The van der Waals surface area contributed by atoms with Crippen LogP contribution in [0.3, 0.4) is 0 Å². The number of hydrogen-bond donors (Lipinski definition) is 2. The second kappa shape index (κ2) is 7.60. The summed E-state index contributed by atoms with van der Waals surface area (Å²) in [7, 11) is 0. The molecule has 0 spiro atoms. The summed E-state index contributed by atoms with van der Waals surface area (Å²) in [6, 6.07) is 12.3. The number of benzene rings is 2. The Bertz CT molecular complexity index is 1000. The molecule has 8 heteroatoms. The van der Waals surface area contributed by atoms with Gasteiger partial charge in [-0.3, -0.25) is 19.3 Å². The number of halogens is 1. The van der Waals surface area contributed by atoms with Gasteiger partial charge in [-0.05, 0) is 24.3 Å². The molecule has 2 aromatic rings. The van der Waals surface area contributed by atoms with Gasteiger partial charge in [-0.2, -0.15) is 0 Å². The second-order valence-corrected chi connectivity index (χ2v) is 7.28. The van der Waals surface area contributed by atoms with Gasteiger partial charge < -0.3 is 15.5 Å². The largest absolute Gasteiger partial charge is 0.359 e. The van der Waals surface area contributed by atoms with E-state index in [2.05, 4.69) is 17.2 Å². The first-order chi connectivity index (χ1) is 13.9. The number of carbonyl (C=O) groups excluding carboxylic acids is 3. The SMILES string of the molecule is C=C1c2ccccc2C(=O)N1CC(=O)Nc1ccc(N2CCNC(=O)C2)c(Cl)c1. The maximum absolute atomic E-state index is 12.5. The number of rotatable bonds is 4. The van der Waals surface area contributed by atoms with E-state index in [-0.39, 0.29) is 30.8 Å². The van der Waals surface area contributed by atoms with Crippen molar-refractivity contribution in [2.75, 3.05) is 36.4 Å². The molecule has 0 radical (unpaired) electrons.